The Morgan fingerprint density at radius 3 is 3.00 bits per heavy atom. The lowest BCUT2D eigenvalue weighted by Crippen LogP contribution is -2.26. The molecule has 0 spiro atoms. The highest BCUT2D eigenvalue weighted by molar-refractivity contribution is 5.78. The average molecular weight is 237 g/mol. The zero-order valence-electron chi connectivity index (χ0n) is 10.2. The molecule has 90 valence electrons. The first-order chi connectivity index (χ1) is 8.92. The summed E-state index contributed by atoms with van der Waals surface area (Å²) in [5.74, 6) is 7.18. The van der Waals surface area contributed by atoms with Gasteiger partial charge in [0.05, 0.1) is 5.52 Å². The first kappa shape index (κ1) is 11.2. The summed E-state index contributed by atoms with van der Waals surface area (Å²) in [6.45, 7) is 2.18. The molecule has 0 saturated carbocycles. The fourth-order valence-electron chi connectivity index (χ4n) is 2.21. The Bertz CT molecular complexity index is 604. The van der Waals surface area contributed by atoms with Gasteiger partial charge < -0.3 is 5.32 Å². The average Bonchev–Trinajstić information content (AvgIpc) is 2.46. The van der Waals surface area contributed by atoms with E-state index in [-0.39, 0.29) is 0 Å². The van der Waals surface area contributed by atoms with Crippen LogP contribution >= 0.6 is 0 Å². The van der Waals surface area contributed by atoms with Gasteiger partial charge in [-0.05, 0) is 44.1 Å². The monoisotopic (exact) mass is 237 g/mol. The highest BCUT2D eigenvalue weighted by Crippen LogP contribution is 2.13. The third-order valence-corrected chi connectivity index (χ3v) is 3.26. The molecule has 1 aliphatic heterocycles. The van der Waals surface area contributed by atoms with Crippen LogP contribution in [0.25, 0.3) is 10.9 Å². The number of rotatable bonds is 0. The molecule has 3 heteroatoms. The van der Waals surface area contributed by atoms with Gasteiger partial charge in [-0.3, -0.25) is 0 Å². The number of benzene rings is 1. The standard InChI is InChI=1S/C15H15N3/c1(12-5-7-16-8-6-12)2-13-3-4-15-14(9-13)10-17-11-18-15/h3-4,9-12,16H,5-8H2. The summed E-state index contributed by atoms with van der Waals surface area (Å²) < 4.78 is 0. The van der Waals surface area contributed by atoms with Crippen LogP contribution in [0.4, 0.5) is 0 Å². The number of nitrogens with zero attached hydrogens (tertiary/aromatic N) is 2. The molecule has 0 aliphatic carbocycles. The molecule has 1 saturated heterocycles. The number of hydrogen-bond donors (Lipinski definition) is 1. The summed E-state index contributed by atoms with van der Waals surface area (Å²) in [5.41, 5.74) is 2.02. The quantitative estimate of drug-likeness (QED) is 0.712. The summed E-state index contributed by atoms with van der Waals surface area (Å²) in [6.07, 6.45) is 5.72. The minimum absolute atomic E-state index is 0.536. The lowest BCUT2D eigenvalue weighted by molar-refractivity contribution is 0.447. The van der Waals surface area contributed by atoms with Crippen LogP contribution in [0.2, 0.25) is 0 Å². The molecule has 2 heterocycles. The van der Waals surface area contributed by atoms with Gasteiger partial charge in [-0.15, -0.1) is 0 Å². The Morgan fingerprint density at radius 1 is 1.22 bits per heavy atom. The summed E-state index contributed by atoms with van der Waals surface area (Å²) in [4.78, 5) is 8.24. The van der Waals surface area contributed by atoms with Crippen LogP contribution in [-0.4, -0.2) is 23.1 Å². The van der Waals surface area contributed by atoms with Crippen LogP contribution in [0.15, 0.2) is 30.7 Å². The van der Waals surface area contributed by atoms with Crippen molar-refractivity contribution in [3.8, 4) is 11.8 Å². The van der Waals surface area contributed by atoms with Gasteiger partial charge in [-0.25, -0.2) is 9.97 Å². The number of piperidine rings is 1. The first-order valence-corrected chi connectivity index (χ1v) is 6.34. The Hall–Kier alpha value is -1.92. The second-order valence-electron chi connectivity index (χ2n) is 4.59. The van der Waals surface area contributed by atoms with Crippen LogP contribution < -0.4 is 5.32 Å². The molecular weight excluding hydrogens is 222 g/mol. The van der Waals surface area contributed by atoms with E-state index in [4.69, 9.17) is 0 Å². The minimum atomic E-state index is 0.536. The molecule has 18 heavy (non-hydrogen) atoms. The Labute approximate surface area is 107 Å². The fraction of sp³-hybridized carbons (Fsp3) is 0.333. The molecule has 0 atom stereocenters. The van der Waals surface area contributed by atoms with E-state index in [1.807, 2.05) is 18.3 Å². The fourth-order valence-corrected chi connectivity index (χ4v) is 2.21. The van der Waals surface area contributed by atoms with Gasteiger partial charge in [0.1, 0.15) is 6.33 Å². The van der Waals surface area contributed by atoms with Crippen molar-refractivity contribution in [3.63, 3.8) is 0 Å². The van der Waals surface area contributed by atoms with Gasteiger partial charge in [-0.2, -0.15) is 0 Å². The van der Waals surface area contributed by atoms with Crippen molar-refractivity contribution in [3.05, 3.63) is 36.3 Å². The van der Waals surface area contributed by atoms with E-state index in [2.05, 4.69) is 33.2 Å². The third-order valence-electron chi connectivity index (χ3n) is 3.26. The van der Waals surface area contributed by atoms with Gasteiger partial charge in [0.15, 0.2) is 0 Å². The van der Waals surface area contributed by atoms with E-state index in [9.17, 15) is 0 Å². The molecule has 1 N–H and O–H groups in total. The second kappa shape index (κ2) is 5.16. The Morgan fingerprint density at radius 2 is 2.11 bits per heavy atom. The van der Waals surface area contributed by atoms with Crippen molar-refractivity contribution in [2.45, 2.75) is 12.8 Å². The molecular formula is C15H15N3. The highest BCUT2D eigenvalue weighted by atomic mass is 14.9. The van der Waals surface area contributed by atoms with Crippen molar-refractivity contribution in [2.24, 2.45) is 5.92 Å². The first-order valence-electron chi connectivity index (χ1n) is 6.34. The number of nitrogens with one attached hydrogen (secondary N) is 1. The summed E-state index contributed by atoms with van der Waals surface area (Å²) in [5, 5.41) is 4.40. The molecule has 0 radical (unpaired) electrons. The van der Waals surface area contributed by atoms with Crippen LogP contribution in [-0.2, 0) is 0 Å². The predicted octanol–water partition coefficient (Wildman–Crippen LogP) is 1.98. The Balaban J connectivity index is 1.84. The van der Waals surface area contributed by atoms with Crippen molar-refractivity contribution in [1.29, 1.82) is 0 Å². The van der Waals surface area contributed by atoms with Gasteiger partial charge in [0.25, 0.3) is 0 Å². The lowest BCUT2D eigenvalue weighted by Gasteiger charge is -2.17. The molecule has 1 aliphatic rings. The molecule has 1 fully saturated rings. The predicted molar refractivity (Wildman–Crippen MR) is 72.0 cm³/mol. The smallest absolute Gasteiger partial charge is 0.116 e. The number of aromatic nitrogens is 2. The molecule has 3 nitrogen and oxygen atoms in total. The molecule has 2 aromatic rings. The zero-order valence-corrected chi connectivity index (χ0v) is 10.2. The molecule has 1 aromatic heterocycles. The van der Waals surface area contributed by atoms with E-state index < -0.39 is 0 Å². The van der Waals surface area contributed by atoms with E-state index in [1.165, 1.54) is 0 Å². The topological polar surface area (TPSA) is 37.8 Å². The largest absolute Gasteiger partial charge is 0.317 e. The molecule has 1 aromatic carbocycles. The van der Waals surface area contributed by atoms with Crippen molar-refractivity contribution in [1.82, 2.24) is 15.3 Å². The normalized spacial score (nSPS) is 16.2. The zero-order chi connectivity index (χ0) is 12.2. The maximum Gasteiger partial charge on any atom is 0.116 e. The van der Waals surface area contributed by atoms with E-state index >= 15 is 0 Å². The molecule has 0 amide bonds. The minimum Gasteiger partial charge on any atom is -0.317 e. The van der Waals surface area contributed by atoms with Crippen molar-refractivity contribution in [2.75, 3.05) is 13.1 Å². The van der Waals surface area contributed by atoms with Gasteiger partial charge in [-0.1, -0.05) is 11.8 Å². The van der Waals surface area contributed by atoms with Crippen LogP contribution in [0, 0.1) is 17.8 Å². The lowest BCUT2D eigenvalue weighted by atomic mass is 9.98. The van der Waals surface area contributed by atoms with E-state index in [1.54, 1.807) is 6.33 Å². The summed E-state index contributed by atoms with van der Waals surface area (Å²) >= 11 is 0. The van der Waals surface area contributed by atoms with Gasteiger partial charge in [0, 0.05) is 23.1 Å². The Kier molecular flexibility index (Phi) is 3.20. The number of fused-ring (bicyclic) bond motifs is 1. The van der Waals surface area contributed by atoms with Crippen LogP contribution in [0.1, 0.15) is 18.4 Å². The van der Waals surface area contributed by atoms with Crippen molar-refractivity contribution >= 4 is 10.9 Å². The van der Waals surface area contributed by atoms with Crippen molar-refractivity contribution < 1.29 is 0 Å². The van der Waals surface area contributed by atoms with Crippen LogP contribution in [0.3, 0.4) is 0 Å². The maximum absolute atomic E-state index is 4.20. The van der Waals surface area contributed by atoms with E-state index in [0.29, 0.717) is 5.92 Å². The molecule has 0 bridgehead atoms. The second-order valence-corrected chi connectivity index (χ2v) is 4.59. The third kappa shape index (κ3) is 2.49. The maximum atomic E-state index is 4.20. The SMILES string of the molecule is C(#CC1CCNCC1)c1ccc2ncncc2c1. The van der Waals surface area contributed by atoms with Gasteiger partial charge >= 0.3 is 0 Å². The number of hydrogen-bond acceptors (Lipinski definition) is 3. The summed E-state index contributed by atoms with van der Waals surface area (Å²) in [6, 6.07) is 6.09. The summed E-state index contributed by atoms with van der Waals surface area (Å²) in [7, 11) is 0. The highest BCUT2D eigenvalue weighted by Gasteiger charge is 2.09. The van der Waals surface area contributed by atoms with E-state index in [0.717, 1.165) is 42.4 Å². The van der Waals surface area contributed by atoms with Gasteiger partial charge in [0.2, 0.25) is 0 Å². The molecule has 0 unspecified atom stereocenters. The van der Waals surface area contributed by atoms with Crippen LogP contribution in [0.5, 0.6) is 0 Å². The molecule has 3 rings (SSSR count).